The van der Waals surface area contributed by atoms with Gasteiger partial charge in [0.05, 0.1) is 19.0 Å². The van der Waals surface area contributed by atoms with Gasteiger partial charge in [0.15, 0.2) is 0 Å². The molecule has 4 heteroatoms. The summed E-state index contributed by atoms with van der Waals surface area (Å²) in [6.07, 6.45) is 0.426. The van der Waals surface area contributed by atoms with Crippen LogP contribution in [0.1, 0.15) is 27.2 Å². The lowest BCUT2D eigenvalue weighted by molar-refractivity contribution is -0.120. The molecule has 0 saturated carbocycles. The Balaban J connectivity index is 3.53. The van der Waals surface area contributed by atoms with E-state index in [-0.39, 0.29) is 24.5 Å². The number of nitrogens with zero attached hydrogens (tertiary/aromatic N) is 1. The average molecular weight is 183 g/mol. The number of amides is 1. The second-order valence-electron chi connectivity index (χ2n) is 3.37. The van der Waals surface area contributed by atoms with Crippen molar-refractivity contribution in [1.29, 1.82) is 5.26 Å². The fourth-order valence-corrected chi connectivity index (χ4v) is 0.849. The molecule has 0 saturated heterocycles. The van der Waals surface area contributed by atoms with Crippen LogP contribution in [0.3, 0.4) is 0 Å². The standard InChI is InChI=1S/C9H17N3O/c1-7(2)12-9(13)6-11-8(3)4-5-10/h7-8,11H,4,6H2,1-3H3,(H,12,13). The van der Waals surface area contributed by atoms with Crippen molar-refractivity contribution >= 4 is 5.91 Å². The Bertz CT molecular complexity index is 196. The van der Waals surface area contributed by atoms with Crippen LogP contribution in [0.2, 0.25) is 0 Å². The molecule has 0 radical (unpaired) electrons. The first-order valence-corrected chi connectivity index (χ1v) is 4.46. The van der Waals surface area contributed by atoms with Crippen LogP contribution in [0.15, 0.2) is 0 Å². The molecule has 0 aromatic rings. The molecule has 0 rings (SSSR count). The highest BCUT2D eigenvalue weighted by Crippen LogP contribution is 1.86. The van der Waals surface area contributed by atoms with E-state index in [9.17, 15) is 4.79 Å². The number of carbonyl (C=O) groups is 1. The van der Waals surface area contributed by atoms with E-state index in [0.717, 1.165) is 0 Å². The normalized spacial score (nSPS) is 12.2. The van der Waals surface area contributed by atoms with Gasteiger partial charge in [-0.2, -0.15) is 5.26 Å². The molecule has 0 spiro atoms. The zero-order valence-electron chi connectivity index (χ0n) is 8.42. The molecule has 1 atom stereocenters. The smallest absolute Gasteiger partial charge is 0.234 e. The van der Waals surface area contributed by atoms with E-state index in [1.54, 1.807) is 0 Å². The molecular formula is C9H17N3O. The Hall–Kier alpha value is -1.08. The maximum atomic E-state index is 11.1. The van der Waals surface area contributed by atoms with Gasteiger partial charge in [-0.1, -0.05) is 0 Å². The predicted molar refractivity (Wildman–Crippen MR) is 51.0 cm³/mol. The third-order valence-electron chi connectivity index (χ3n) is 1.46. The van der Waals surface area contributed by atoms with Crippen LogP contribution in [0, 0.1) is 11.3 Å². The van der Waals surface area contributed by atoms with Crippen LogP contribution in [0.25, 0.3) is 0 Å². The second kappa shape index (κ2) is 6.44. The summed E-state index contributed by atoms with van der Waals surface area (Å²) in [7, 11) is 0. The van der Waals surface area contributed by atoms with E-state index >= 15 is 0 Å². The highest BCUT2D eigenvalue weighted by molar-refractivity contribution is 5.78. The molecule has 0 aromatic heterocycles. The molecule has 0 aromatic carbocycles. The summed E-state index contributed by atoms with van der Waals surface area (Å²) in [4.78, 5) is 11.1. The lowest BCUT2D eigenvalue weighted by Crippen LogP contribution is -2.40. The number of carbonyl (C=O) groups excluding carboxylic acids is 1. The van der Waals surface area contributed by atoms with Gasteiger partial charge < -0.3 is 10.6 Å². The third kappa shape index (κ3) is 7.29. The van der Waals surface area contributed by atoms with Gasteiger partial charge in [0.1, 0.15) is 0 Å². The van der Waals surface area contributed by atoms with E-state index in [2.05, 4.69) is 10.6 Å². The molecule has 0 aliphatic rings. The number of rotatable bonds is 5. The fraction of sp³-hybridized carbons (Fsp3) is 0.778. The van der Waals surface area contributed by atoms with Gasteiger partial charge in [-0.25, -0.2) is 0 Å². The first-order valence-electron chi connectivity index (χ1n) is 4.46. The van der Waals surface area contributed by atoms with E-state index in [4.69, 9.17) is 5.26 Å². The maximum absolute atomic E-state index is 11.1. The molecule has 1 unspecified atom stereocenters. The molecule has 0 aliphatic heterocycles. The second-order valence-corrected chi connectivity index (χ2v) is 3.37. The van der Waals surface area contributed by atoms with Crippen molar-refractivity contribution < 1.29 is 4.79 Å². The lowest BCUT2D eigenvalue weighted by atomic mass is 10.2. The van der Waals surface area contributed by atoms with Gasteiger partial charge in [0.25, 0.3) is 0 Å². The van der Waals surface area contributed by atoms with Gasteiger partial charge >= 0.3 is 0 Å². The van der Waals surface area contributed by atoms with Crippen LogP contribution >= 0.6 is 0 Å². The summed E-state index contributed by atoms with van der Waals surface area (Å²) in [5.74, 6) is -0.0280. The van der Waals surface area contributed by atoms with Gasteiger partial charge in [0, 0.05) is 12.1 Å². The van der Waals surface area contributed by atoms with E-state index in [1.807, 2.05) is 26.8 Å². The average Bonchev–Trinajstić information content (AvgIpc) is 2.00. The molecule has 74 valence electrons. The Morgan fingerprint density at radius 2 is 2.08 bits per heavy atom. The number of nitrogens with one attached hydrogen (secondary N) is 2. The molecule has 0 aliphatic carbocycles. The van der Waals surface area contributed by atoms with Crippen molar-refractivity contribution in [1.82, 2.24) is 10.6 Å². The van der Waals surface area contributed by atoms with Gasteiger partial charge in [0.2, 0.25) is 5.91 Å². The minimum absolute atomic E-state index is 0.0280. The number of hydrogen-bond donors (Lipinski definition) is 2. The van der Waals surface area contributed by atoms with Crippen LogP contribution in [0.4, 0.5) is 0 Å². The molecule has 2 N–H and O–H groups in total. The minimum Gasteiger partial charge on any atom is -0.353 e. The monoisotopic (exact) mass is 183 g/mol. The van der Waals surface area contributed by atoms with Gasteiger partial charge in [-0.3, -0.25) is 4.79 Å². The molecule has 1 amide bonds. The van der Waals surface area contributed by atoms with Crippen LogP contribution < -0.4 is 10.6 Å². The molecule has 0 heterocycles. The highest BCUT2D eigenvalue weighted by Gasteiger charge is 2.05. The zero-order chi connectivity index (χ0) is 10.3. The highest BCUT2D eigenvalue weighted by atomic mass is 16.1. The van der Waals surface area contributed by atoms with E-state index < -0.39 is 0 Å². The number of hydrogen-bond acceptors (Lipinski definition) is 3. The van der Waals surface area contributed by atoms with Gasteiger partial charge in [-0.05, 0) is 20.8 Å². The molecule has 0 fully saturated rings. The molecule has 0 bridgehead atoms. The van der Waals surface area contributed by atoms with Crippen molar-refractivity contribution in [2.45, 2.75) is 39.3 Å². The summed E-state index contributed by atoms with van der Waals surface area (Å²) in [6, 6.07) is 2.28. The van der Waals surface area contributed by atoms with E-state index in [1.165, 1.54) is 0 Å². The fourth-order valence-electron chi connectivity index (χ4n) is 0.849. The zero-order valence-corrected chi connectivity index (χ0v) is 8.42. The Morgan fingerprint density at radius 3 is 2.54 bits per heavy atom. The van der Waals surface area contributed by atoms with Crippen LogP contribution in [-0.2, 0) is 4.79 Å². The summed E-state index contributed by atoms with van der Waals surface area (Å²) < 4.78 is 0. The SMILES string of the molecule is CC(C)NC(=O)CNC(C)CC#N. The first-order chi connectivity index (χ1) is 6.06. The minimum atomic E-state index is -0.0280. The van der Waals surface area contributed by atoms with Gasteiger partial charge in [-0.15, -0.1) is 0 Å². The largest absolute Gasteiger partial charge is 0.353 e. The Labute approximate surface area is 79.3 Å². The number of nitriles is 1. The van der Waals surface area contributed by atoms with Crippen molar-refractivity contribution in [3.63, 3.8) is 0 Å². The van der Waals surface area contributed by atoms with Crippen LogP contribution in [-0.4, -0.2) is 24.5 Å². The lowest BCUT2D eigenvalue weighted by Gasteiger charge is -2.11. The molecule has 13 heavy (non-hydrogen) atoms. The molecule has 4 nitrogen and oxygen atoms in total. The summed E-state index contributed by atoms with van der Waals surface area (Å²) >= 11 is 0. The third-order valence-corrected chi connectivity index (χ3v) is 1.46. The van der Waals surface area contributed by atoms with Crippen LogP contribution in [0.5, 0.6) is 0 Å². The maximum Gasteiger partial charge on any atom is 0.234 e. The van der Waals surface area contributed by atoms with Crippen molar-refractivity contribution in [2.75, 3.05) is 6.54 Å². The first kappa shape index (κ1) is 11.9. The summed E-state index contributed by atoms with van der Waals surface area (Å²) in [5, 5.41) is 14.1. The summed E-state index contributed by atoms with van der Waals surface area (Å²) in [6.45, 7) is 5.99. The van der Waals surface area contributed by atoms with Crippen molar-refractivity contribution in [2.24, 2.45) is 0 Å². The molecular weight excluding hydrogens is 166 g/mol. The van der Waals surface area contributed by atoms with E-state index in [0.29, 0.717) is 6.42 Å². The quantitative estimate of drug-likeness (QED) is 0.648. The Kier molecular flexibility index (Phi) is 5.90. The van der Waals surface area contributed by atoms with Crippen molar-refractivity contribution in [3.8, 4) is 6.07 Å². The van der Waals surface area contributed by atoms with Crippen molar-refractivity contribution in [3.05, 3.63) is 0 Å². The topological polar surface area (TPSA) is 64.9 Å². The Morgan fingerprint density at radius 1 is 1.46 bits per heavy atom. The summed E-state index contributed by atoms with van der Waals surface area (Å²) in [5.41, 5.74) is 0. The predicted octanol–water partition coefficient (Wildman–Crippen LogP) is 0.403.